The molecular weight excluding hydrogens is 194 g/mol. The number of H-pyrrole nitrogens is 1. The first-order chi connectivity index (χ1) is 7.16. The molecule has 0 aromatic carbocycles. The Kier molecular flexibility index (Phi) is 2.73. The predicted octanol–water partition coefficient (Wildman–Crippen LogP) is 0.745. The van der Waals surface area contributed by atoms with Crippen LogP contribution in [0.2, 0.25) is 0 Å². The second kappa shape index (κ2) is 4.02. The van der Waals surface area contributed by atoms with Gasteiger partial charge in [0, 0.05) is 18.2 Å². The summed E-state index contributed by atoms with van der Waals surface area (Å²) in [5.41, 5.74) is 1.01. The minimum atomic E-state index is -0.975. The van der Waals surface area contributed by atoms with Crippen molar-refractivity contribution in [1.82, 2.24) is 15.1 Å². The fourth-order valence-corrected chi connectivity index (χ4v) is 2.07. The average molecular weight is 209 g/mol. The number of nitrogens with zero attached hydrogens (tertiary/aromatic N) is 2. The van der Waals surface area contributed by atoms with E-state index in [0.717, 1.165) is 18.7 Å². The van der Waals surface area contributed by atoms with E-state index < -0.39 is 5.97 Å². The molecule has 2 rings (SSSR count). The molecule has 0 bridgehead atoms. The van der Waals surface area contributed by atoms with Crippen molar-refractivity contribution in [3.05, 3.63) is 17.5 Å². The van der Waals surface area contributed by atoms with Crippen molar-refractivity contribution in [3.63, 3.8) is 0 Å². The van der Waals surface area contributed by atoms with Gasteiger partial charge in [-0.15, -0.1) is 0 Å². The van der Waals surface area contributed by atoms with Crippen molar-refractivity contribution < 1.29 is 9.90 Å². The van der Waals surface area contributed by atoms with Crippen molar-refractivity contribution in [2.75, 3.05) is 13.6 Å². The second-order valence-corrected chi connectivity index (χ2v) is 4.06. The fraction of sp³-hybridized carbons (Fsp3) is 0.600. The van der Waals surface area contributed by atoms with Crippen LogP contribution >= 0.6 is 0 Å². The predicted molar refractivity (Wildman–Crippen MR) is 54.9 cm³/mol. The number of nitrogens with one attached hydrogen (secondary N) is 1. The van der Waals surface area contributed by atoms with Crippen LogP contribution in [0.15, 0.2) is 6.07 Å². The van der Waals surface area contributed by atoms with E-state index in [1.165, 1.54) is 12.8 Å². The van der Waals surface area contributed by atoms with Gasteiger partial charge in [0.2, 0.25) is 0 Å². The number of likely N-dealkylation sites (tertiary alicyclic amines) is 1. The first-order valence-corrected chi connectivity index (χ1v) is 5.14. The van der Waals surface area contributed by atoms with Crippen LogP contribution in [0, 0.1) is 0 Å². The molecule has 5 heteroatoms. The smallest absolute Gasteiger partial charge is 0.356 e. The topological polar surface area (TPSA) is 69.2 Å². The van der Waals surface area contributed by atoms with Crippen LogP contribution in [0.5, 0.6) is 0 Å². The molecule has 1 aliphatic rings. The Morgan fingerprint density at radius 2 is 2.60 bits per heavy atom. The molecule has 0 radical (unpaired) electrons. The van der Waals surface area contributed by atoms with E-state index in [1.807, 2.05) is 0 Å². The molecule has 0 spiro atoms. The summed E-state index contributed by atoms with van der Waals surface area (Å²) in [5, 5.41) is 15.2. The maximum Gasteiger partial charge on any atom is 0.356 e. The SMILES string of the molecule is CN1CCCC1Cc1cc(C(=O)O)n[nH]1. The number of carboxylic acids is 1. The number of carbonyl (C=O) groups is 1. The zero-order valence-corrected chi connectivity index (χ0v) is 8.73. The molecule has 1 unspecified atom stereocenters. The van der Waals surface area contributed by atoms with E-state index >= 15 is 0 Å². The first-order valence-electron chi connectivity index (χ1n) is 5.14. The molecular formula is C10H15N3O2. The highest BCUT2D eigenvalue weighted by Crippen LogP contribution is 2.18. The van der Waals surface area contributed by atoms with E-state index in [1.54, 1.807) is 6.07 Å². The molecule has 5 nitrogen and oxygen atoms in total. The summed E-state index contributed by atoms with van der Waals surface area (Å²) in [5.74, 6) is -0.975. The molecule has 1 aromatic heterocycles. The molecule has 0 amide bonds. The van der Waals surface area contributed by atoms with Gasteiger partial charge in [-0.25, -0.2) is 4.79 Å². The monoisotopic (exact) mass is 209 g/mol. The largest absolute Gasteiger partial charge is 0.476 e. The Balaban J connectivity index is 2.01. The third-order valence-electron chi connectivity index (χ3n) is 2.98. The summed E-state index contributed by atoms with van der Waals surface area (Å²) in [6.07, 6.45) is 3.26. The van der Waals surface area contributed by atoms with Gasteiger partial charge >= 0.3 is 5.97 Å². The Hall–Kier alpha value is -1.36. The number of hydrogen-bond acceptors (Lipinski definition) is 3. The van der Waals surface area contributed by atoms with Gasteiger partial charge < -0.3 is 10.0 Å². The van der Waals surface area contributed by atoms with Crippen molar-refractivity contribution in [2.45, 2.75) is 25.3 Å². The lowest BCUT2D eigenvalue weighted by Crippen LogP contribution is -2.26. The molecule has 1 atom stereocenters. The van der Waals surface area contributed by atoms with Gasteiger partial charge in [-0.3, -0.25) is 5.10 Å². The Bertz CT molecular complexity index is 361. The van der Waals surface area contributed by atoms with Gasteiger partial charge in [-0.2, -0.15) is 5.10 Å². The van der Waals surface area contributed by atoms with E-state index in [-0.39, 0.29) is 5.69 Å². The fourth-order valence-electron chi connectivity index (χ4n) is 2.07. The Morgan fingerprint density at radius 3 is 3.13 bits per heavy atom. The summed E-state index contributed by atoms with van der Waals surface area (Å²) < 4.78 is 0. The third-order valence-corrected chi connectivity index (χ3v) is 2.98. The van der Waals surface area contributed by atoms with Crippen LogP contribution in [-0.4, -0.2) is 45.8 Å². The van der Waals surface area contributed by atoms with Crippen LogP contribution in [0.1, 0.15) is 29.0 Å². The van der Waals surface area contributed by atoms with Gasteiger partial charge in [0.1, 0.15) is 0 Å². The third kappa shape index (κ3) is 2.18. The Morgan fingerprint density at radius 1 is 1.80 bits per heavy atom. The lowest BCUT2D eigenvalue weighted by Gasteiger charge is -2.17. The van der Waals surface area contributed by atoms with Gasteiger partial charge in [0.25, 0.3) is 0 Å². The first kappa shape index (κ1) is 10.2. The molecule has 82 valence electrons. The van der Waals surface area contributed by atoms with Gasteiger partial charge in [0.15, 0.2) is 5.69 Å². The molecule has 1 aromatic rings. The van der Waals surface area contributed by atoms with Crippen molar-refractivity contribution in [1.29, 1.82) is 0 Å². The number of carboxylic acid groups (broad SMARTS) is 1. The minimum absolute atomic E-state index is 0.102. The highest BCUT2D eigenvalue weighted by atomic mass is 16.4. The van der Waals surface area contributed by atoms with Crippen LogP contribution < -0.4 is 0 Å². The van der Waals surface area contributed by atoms with Gasteiger partial charge in [-0.05, 0) is 32.5 Å². The summed E-state index contributed by atoms with van der Waals surface area (Å²) >= 11 is 0. The summed E-state index contributed by atoms with van der Waals surface area (Å²) in [4.78, 5) is 12.9. The van der Waals surface area contributed by atoms with Crippen molar-refractivity contribution in [2.24, 2.45) is 0 Å². The zero-order chi connectivity index (χ0) is 10.8. The lowest BCUT2D eigenvalue weighted by molar-refractivity contribution is 0.0690. The molecule has 0 aliphatic carbocycles. The van der Waals surface area contributed by atoms with Crippen LogP contribution in [0.25, 0.3) is 0 Å². The Labute approximate surface area is 88.1 Å². The molecule has 1 saturated heterocycles. The maximum absolute atomic E-state index is 10.6. The van der Waals surface area contributed by atoms with Crippen molar-refractivity contribution >= 4 is 5.97 Å². The minimum Gasteiger partial charge on any atom is -0.476 e. The number of hydrogen-bond donors (Lipinski definition) is 2. The molecule has 0 saturated carbocycles. The number of likely N-dealkylation sites (N-methyl/N-ethyl adjacent to an activating group) is 1. The zero-order valence-electron chi connectivity index (χ0n) is 8.73. The van der Waals surface area contributed by atoms with E-state index in [9.17, 15) is 4.79 Å². The normalized spacial score (nSPS) is 22.1. The molecule has 2 N–H and O–H groups in total. The average Bonchev–Trinajstić information content (AvgIpc) is 2.77. The van der Waals surface area contributed by atoms with E-state index in [2.05, 4.69) is 22.1 Å². The van der Waals surface area contributed by atoms with E-state index in [4.69, 9.17) is 5.11 Å². The highest BCUT2D eigenvalue weighted by Gasteiger charge is 2.22. The van der Waals surface area contributed by atoms with Crippen LogP contribution in [0.4, 0.5) is 0 Å². The van der Waals surface area contributed by atoms with Gasteiger partial charge in [-0.1, -0.05) is 0 Å². The molecule has 1 aliphatic heterocycles. The summed E-state index contributed by atoms with van der Waals surface area (Å²) in [7, 11) is 2.10. The quantitative estimate of drug-likeness (QED) is 0.770. The molecule has 2 heterocycles. The summed E-state index contributed by atoms with van der Waals surface area (Å²) in [6, 6.07) is 2.14. The van der Waals surface area contributed by atoms with Crippen LogP contribution in [-0.2, 0) is 6.42 Å². The number of aromatic nitrogens is 2. The lowest BCUT2D eigenvalue weighted by atomic mass is 10.1. The second-order valence-electron chi connectivity index (χ2n) is 4.06. The number of aromatic carboxylic acids is 1. The van der Waals surface area contributed by atoms with Gasteiger partial charge in [0.05, 0.1) is 0 Å². The molecule has 1 fully saturated rings. The summed E-state index contributed by atoms with van der Waals surface area (Å²) in [6.45, 7) is 1.13. The van der Waals surface area contributed by atoms with Crippen LogP contribution in [0.3, 0.4) is 0 Å². The highest BCUT2D eigenvalue weighted by molar-refractivity contribution is 5.85. The standard InChI is InChI=1S/C10H15N3O2/c1-13-4-2-3-8(13)5-7-6-9(10(14)15)12-11-7/h6,8H,2-5H2,1H3,(H,11,12)(H,14,15). The van der Waals surface area contributed by atoms with Crippen molar-refractivity contribution in [3.8, 4) is 0 Å². The number of rotatable bonds is 3. The molecule has 15 heavy (non-hydrogen) atoms. The number of aromatic amines is 1. The maximum atomic E-state index is 10.6. The van der Waals surface area contributed by atoms with E-state index in [0.29, 0.717) is 6.04 Å².